The second-order valence-electron chi connectivity index (χ2n) is 2.66. The maximum atomic E-state index is 10.9. The van der Waals surface area contributed by atoms with Crippen molar-refractivity contribution in [1.82, 2.24) is 4.98 Å². The molecular formula is C9H7NO5. The summed E-state index contributed by atoms with van der Waals surface area (Å²) in [6, 6.07) is 2.76. The fourth-order valence-electron chi connectivity index (χ4n) is 0.824. The van der Waals surface area contributed by atoms with Crippen molar-refractivity contribution in [1.29, 1.82) is 0 Å². The molecule has 0 aromatic carbocycles. The van der Waals surface area contributed by atoms with Crippen LogP contribution in [0.4, 0.5) is 0 Å². The number of carbonyl (C=O) groups excluding carboxylic acids is 2. The molecule has 6 heteroatoms. The van der Waals surface area contributed by atoms with Crippen molar-refractivity contribution >= 4 is 17.7 Å². The van der Waals surface area contributed by atoms with E-state index in [1.807, 2.05) is 0 Å². The summed E-state index contributed by atoms with van der Waals surface area (Å²) in [5.74, 6) is -4.79. The molecule has 0 spiro atoms. The molecule has 6 nitrogen and oxygen atoms in total. The van der Waals surface area contributed by atoms with Crippen LogP contribution in [0.25, 0.3) is 0 Å². The van der Waals surface area contributed by atoms with Gasteiger partial charge in [0.1, 0.15) is 5.75 Å². The minimum atomic E-state index is -1.84. The topological polar surface area (TPSA) is 93.6 Å². The summed E-state index contributed by atoms with van der Waals surface area (Å²) >= 11 is 0. The zero-order chi connectivity index (χ0) is 11.4. The van der Waals surface area contributed by atoms with Crippen LogP contribution >= 0.6 is 0 Å². The van der Waals surface area contributed by atoms with Crippen molar-refractivity contribution in [2.45, 2.75) is 6.92 Å². The normalized spacial score (nSPS) is 9.40. The van der Waals surface area contributed by atoms with Crippen LogP contribution in [0, 0.1) is 6.92 Å². The smallest absolute Gasteiger partial charge is 0.392 e. The summed E-state index contributed by atoms with van der Waals surface area (Å²) in [4.78, 5) is 35.5. The first kappa shape index (κ1) is 10.8. The second-order valence-corrected chi connectivity index (χ2v) is 2.66. The minimum absolute atomic E-state index is 0.0853. The Morgan fingerprint density at radius 3 is 2.60 bits per heavy atom. The number of esters is 1. The van der Waals surface area contributed by atoms with Gasteiger partial charge in [-0.3, -0.25) is 9.78 Å². The number of nitrogens with zero attached hydrogens (tertiary/aromatic N) is 1. The SMILES string of the molecule is Cc1cc(OC(=O)C(=O)C(=O)O)ccn1. The number of aromatic nitrogens is 1. The predicted molar refractivity (Wildman–Crippen MR) is 47.3 cm³/mol. The maximum absolute atomic E-state index is 10.9. The van der Waals surface area contributed by atoms with Gasteiger partial charge in [-0.05, 0) is 13.0 Å². The highest BCUT2D eigenvalue weighted by atomic mass is 16.5. The monoisotopic (exact) mass is 209 g/mol. The number of pyridine rings is 1. The lowest BCUT2D eigenvalue weighted by atomic mass is 10.3. The Labute approximate surface area is 84.5 Å². The molecule has 1 aromatic heterocycles. The van der Waals surface area contributed by atoms with Crippen LogP contribution in [-0.4, -0.2) is 27.8 Å². The second kappa shape index (κ2) is 4.32. The van der Waals surface area contributed by atoms with Crippen molar-refractivity contribution in [3.8, 4) is 5.75 Å². The molecule has 0 radical (unpaired) electrons. The Morgan fingerprint density at radius 2 is 2.07 bits per heavy atom. The number of hydrogen-bond acceptors (Lipinski definition) is 5. The van der Waals surface area contributed by atoms with Gasteiger partial charge in [0.25, 0.3) is 0 Å². The lowest BCUT2D eigenvalue weighted by Crippen LogP contribution is -2.27. The van der Waals surface area contributed by atoms with Crippen LogP contribution in [-0.2, 0) is 14.4 Å². The van der Waals surface area contributed by atoms with Gasteiger partial charge in [0.2, 0.25) is 0 Å². The highest BCUT2D eigenvalue weighted by Gasteiger charge is 2.24. The van der Waals surface area contributed by atoms with Crippen LogP contribution in [0.2, 0.25) is 0 Å². The largest absolute Gasteiger partial charge is 0.475 e. The molecule has 0 fully saturated rings. The molecule has 15 heavy (non-hydrogen) atoms. The minimum Gasteiger partial charge on any atom is -0.475 e. The number of Topliss-reactive ketones (excluding diaryl/α,β-unsaturated/α-hetero) is 1. The summed E-state index contributed by atoms with van der Waals surface area (Å²) in [6.45, 7) is 1.66. The molecule has 0 aliphatic rings. The Kier molecular flexibility index (Phi) is 3.12. The fourth-order valence-corrected chi connectivity index (χ4v) is 0.824. The van der Waals surface area contributed by atoms with Gasteiger partial charge >= 0.3 is 17.7 Å². The Bertz CT molecular complexity index is 426. The molecule has 0 aliphatic carbocycles. The Balaban J connectivity index is 2.75. The third-order valence-corrected chi connectivity index (χ3v) is 1.46. The maximum Gasteiger partial charge on any atom is 0.392 e. The van der Waals surface area contributed by atoms with E-state index in [-0.39, 0.29) is 5.75 Å². The van der Waals surface area contributed by atoms with E-state index in [9.17, 15) is 14.4 Å². The van der Waals surface area contributed by atoms with Crippen molar-refractivity contribution in [2.75, 3.05) is 0 Å². The van der Waals surface area contributed by atoms with Crippen molar-refractivity contribution in [3.05, 3.63) is 24.0 Å². The van der Waals surface area contributed by atoms with E-state index in [1.54, 1.807) is 6.92 Å². The highest BCUT2D eigenvalue weighted by molar-refractivity contribution is 6.60. The highest BCUT2D eigenvalue weighted by Crippen LogP contribution is 2.10. The molecule has 1 N–H and O–H groups in total. The van der Waals surface area contributed by atoms with E-state index in [4.69, 9.17) is 5.11 Å². The van der Waals surface area contributed by atoms with Crippen molar-refractivity contribution in [3.63, 3.8) is 0 Å². The summed E-state index contributed by atoms with van der Waals surface area (Å²) < 4.78 is 4.51. The third-order valence-electron chi connectivity index (χ3n) is 1.46. The number of carboxylic acid groups (broad SMARTS) is 1. The quantitative estimate of drug-likeness (QED) is 0.426. The van der Waals surface area contributed by atoms with Gasteiger partial charge in [0.05, 0.1) is 0 Å². The van der Waals surface area contributed by atoms with Crippen LogP contribution in [0.1, 0.15) is 5.69 Å². The number of aliphatic carboxylic acids is 1. The first-order valence-electron chi connectivity index (χ1n) is 3.93. The molecule has 0 aliphatic heterocycles. The molecular weight excluding hydrogens is 202 g/mol. The summed E-state index contributed by atoms with van der Waals surface area (Å²) in [5, 5.41) is 8.22. The molecule has 78 valence electrons. The van der Waals surface area contributed by atoms with E-state index in [2.05, 4.69) is 9.72 Å². The molecule has 0 bridgehead atoms. The molecule has 0 saturated carbocycles. The number of carboxylic acids is 1. The van der Waals surface area contributed by atoms with Crippen LogP contribution in [0.15, 0.2) is 18.3 Å². The molecule has 1 heterocycles. The average molecular weight is 209 g/mol. The number of ketones is 1. The lowest BCUT2D eigenvalue weighted by molar-refractivity contribution is -0.157. The predicted octanol–water partition coefficient (Wildman–Crippen LogP) is -0.0509. The Morgan fingerprint density at radius 1 is 1.40 bits per heavy atom. The molecule has 0 amide bonds. The molecule has 1 aromatic rings. The lowest BCUT2D eigenvalue weighted by Gasteiger charge is -2.01. The first-order chi connectivity index (χ1) is 7.00. The van der Waals surface area contributed by atoms with E-state index < -0.39 is 17.7 Å². The van der Waals surface area contributed by atoms with Gasteiger partial charge in [-0.1, -0.05) is 0 Å². The standard InChI is InChI=1S/C9H7NO5/c1-5-4-6(2-3-10-5)15-9(14)7(11)8(12)13/h2-4H,1H3,(H,12,13). The molecule has 0 atom stereocenters. The van der Waals surface area contributed by atoms with Gasteiger partial charge < -0.3 is 9.84 Å². The van der Waals surface area contributed by atoms with Crippen molar-refractivity contribution in [2.24, 2.45) is 0 Å². The third kappa shape index (κ3) is 2.87. The zero-order valence-electron chi connectivity index (χ0n) is 7.76. The first-order valence-corrected chi connectivity index (χ1v) is 3.93. The van der Waals surface area contributed by atoms with Gasteiger partial charge in [-0.15, -0.1) is 0 Å². The van der Waals surface area contributed by atoms with E-state index in [1.165, 1.54) is 18.3 Å². The van der Waals surface area contributed by atoms with E-state index >= 15 is 0 Å². The number of aryl methyl sites for hydroxylation is 1. The average Bonchev–Trinajstić information content (AvgIpc) is 2.16. The van der Waals surface area contributed by atoms with Crippen molar-refractivity contribution < 1.29 is 24.2 Å². The Hall–Kier alpha value is -2.24. The molecule has 0 unspecified atom stereocenters. The number of ether oxygens (including phenoxy) is 1. The van der Waals surface area contributed by atoms with Crippen LogP contribution in [0.5, 0.6) is 5.75 Å². The zero-order valence-corrected chi connectivity index (χ0v) is 7.76. The summed E-state index contributed by atoms with van der Waals surface area (Å²) in [6.07, 6.45) is 1.38. The molecule has 0 saturated heterocycles. The number of rotatable bonds is 3. The summed E-state index contributed by atoms with van der Waals surface area (Å²) in [7, 11) is 0. The number of carbonyl (C=O) groups is 3. The van der Waals surface area contributed by atoms with Gasteiger partial charge in [0, 0.05) is 18.0 Å². The summed E-state index contributed by atoms with van der Waals surface area (Å²) in [5.41, 5.74) is 0.586. The van der Waals surface area contributed by atoms with Crippen LogP contribution < -0.4 is 4.74 Å². The number of hydrogen-bond donors (Lipinski definition) is 1. The van der Waals surface area contributed by atoms with E-state index in [0.29, 0.717) is 5.69 Å². The van der Waals surface area contributed by atoms with Gasteiger partial charge in [0.15, 0.2) is 0 Å². The van der Waals surface area contributed by atoms with Gasteiger partial charge in [-0.25, -0.2) is 9.59 Å². The van der Waals surface area contributed by atoms with Crippen LogP contribution in [0.3, 0.4) is 0 Å². The fraction of sp³-hybridized carbons (Fsp3) is 0.111. The van der Waals surface area contributed by atoms with E-state index in [0.717, 1.165) is 0 Å². The van der Waals surface area contributed by atoms with Gasteiger partial charge in [-0.2, -0.15) is 0 Å². The molecule has 1 rings (SSSR count).